The molecule has 3 rings (SSSR count). The molecule has 0 spiro atoms. The van der Waals surface area contributed by atoms with Crippen molar-refractivity contribution < 1.29 is 14.3 Å². The highest BCUT2D eigenvalue weighted by Gasteiger charge is 2.25. The number of hydrogen-bond acceptors (Lipinski definition) is 5. The maximum atomic E-state index is 11.7. The van der Waals surface area contributed by atoms with Crippen LogP contribution in [0.15, 0.2) is 36.5 Å². The van der Waals surface area contributed by atoms with E-state index < -0.39 is 0 Å². The maximum Gasteiger partial charge on any atom is 0.306 e. The van der Waals surface area contributed by atoms with Gasteiger partial charge in [-0.25, -0.2) is 4.68 Å². The number of carbonyl (C=O) groups excluding carboxylic acids is 1. The van der Waals surface area contributed by atoms with Crippen LogP contribution in [-0.2, 0) is 20.8 Å². The topological polar surface area (TPSA) is 56.6 Å². The number of rotatable bonds is 8. The lowest BCUT2D eigenvalue weighted by Crippen LogP contribution is -2.40. The van der Waals surface area contributed by atoms with E-state index >= 15 is 0 Å². The van der Waals surface area contributed by atoms with Crippen LogP contribution in [0.4, 0.5) is 0 Å². The molecule has 6 heteroatoms. The molecule has 0 radical (unpaired) electrons. The zero-order valence-electron chi connectivity index (χ0n) is 17.1. The van der Waals surface area contributed by atoms with Gasteiger partial charge < -0.3 is 9.47 Å². The van der Waals surface area contributed by atoms with Crippen LogP contribution in [0, 0.1) is 0 Å². The maximum absolute atomic E-state index is 11.7. The third kappa shape index (κ3) is 5.20. The lowest BCUT2D eigenvalue weighted by Gasteiger charge is -2.34. The zero-order chi connectivity index (χ0) is 19.9. The lowest BCUT2D eigenvalue weighted by atomic mass is 10.0. The van der Waals surface area contributed by atoms with E-state index in [1.165, 1.54) is 12.7 Å². The average molecular weight is 386 g/mol. The number of aromatic nitrogens is 2. The van der Waals surface area contributed by atoms with Crippen molar-refractivity contribution in [1.82, 2.24) is 14.7 Å². The monoisotopic (exact) mass is 385 g/mol. The molecular weight excluding hydrogens is 354 g/mol. The second-order valence-corrected chi connectivity index (χ2v) is 7.61. The molecule has 0 unspecified atom stereocenters. The summed E-state index contributed by atoms with van der Waals surface area (Å²) in [4.78, 5) is 14.1. The smallest absolute Gasteiger partial charge is 0.306 e. The molecule has 0 bridgehead atoms. The van der Waals surface area contributed by atoms with Gasteiger partial charge in [0.15, 0.2) is 0 Å². The van der Waals surface area contributed by atoms with Gasteiger partial charge >= 0.3 is 5.97 Å². The fourth-order valence-electron chi connectivity index (χ4n) is 3.74. The van der Waals surface area contributed by atoms with E-state index in [0.29, 0.717) is 24.9 Å². The first kappa shape index (κ1) is 20.6. The highest BCUT2D eigenvalue weighted by Crippen LogP contribution is 2.24. The SMILES string of the molecule is COC(=O)CCN(Cc1cn(-c2ccccc2)nc1C(C)C)C1CCOCC1. The van der Waals surface area contributed by atoms with Crippen molar-refractivity contribution in [2.75, 3.05) is 26.9 Å². The Kier molecular flexibility index (Phi) is 7.23. The summed E-state index contributed by atoms with van der Waals surface area (Å²) < 4.78 is 12.4. The molecule has 0 N–H and O–H groups in total. The molecule has 1 aromatic carbocycles. The second kappa shape index (κ2) is 9.85. The predicted molar refractivity (Wildman–Crippen MR) is 109 cm³/mol. The lowest BCUT2D eigenvalue weighted by molar-refractivity contribution is -0.141. The van der Waals surface area contributed by atoms with Gasteiger partial charge in [0.2, 0.25) is 0 Å². The summed E-state index contributed by atoms with van der Waals surface area (Å²) in [6.45, 7) is 7.37. The van der Waals surface area contributed by atoms with E-state index in [1.54, 1.807) is 0 Å². The summed E-state index contributed by atoms with van der Waals surface area (Å²) in [7, 11) is 1.45. The van der Waals surface area contributed by atoms with Crippen molar-refractivity contribution in [3.8, 4) is 5.69 Å². The molecule has 1 fully saturated rings. The van der Waals surface area contributed by atoms with Crippen LogP contribution in [-0.4, -0.2) is 53.6 Å². The van der Waals surface area contributed by atoms with Crippen molar-refractivity contribution in [3.63, 3.8) is 0 Å². The van der Waals surface area contributed by atoms with Gasteiger partial charge in [-0.3, -0.25) is 9.69 Å². The summed E-state index contributed by atoms with van der Waals surface area (Å²) in [5.74, 6) is 0.165. The largest absolute Gasteiger partial charge is 0.469 e. The molecule has 2 heterocycles. The minimum Gasteiger partial charge on any atom is -0.469 e. The molecule has 1 aliphatic rings. The molecule has 28 heavy (non-hydrogen) atoms. The number of esters is 1. The summed E-state index contributed by atoms with van der Waals surface area (Å²) in [5.41, 5.74) is 3.39. The van der Waals surface area contributed by atoms with Gasteiger partial charge in [-0.15, -0.1) is 0 Å². The average Bonchev–Trinajstić information content (AvgIpc) is 3.16. The Morgan fingerprint density at radius 3 is 2.64 bits per heavy atom. The van der Waals surface area contributed by atoms with Crippen LogP contribution >= 0.6 is 0 Å². The summed E-state index contributed by atoms with van der Waals surface area (Å²) in [6.07, 6.45) is 4.52. The standard InChI is InChI=1S/C22H31N3O3/c1-17(2)22-18(16-25(23-22)20-7-5-4-6-8-20)15-24(12-9-21(26)27-3)19-10-13-28-14-11-19/h4-8,16-17,19H,9-15H2,1-3H3. The van der Waals surface area contributed by atoms with Gasteiger partial charge in [0, 0.05) is 44.1 Å². The Balaban J connectivity index is 1.83. The third-order valence-corrected chi connectivity index (χ3v) is 5.30. The number of methoxy groups -OCH3 is 1. The molecule has 1 saturated heterocycles. The summed E-state index contributed by atoms with van der Waals surface area (Å²) >= 11 is 0. The molecule has 6 nitrogen and oxygen atoms in total. The Morgan fingerprint density at radius 2 is 2.00 bits per heavy atom. The van der Waals surface area contributed by atoms with Gasteiger partial charge in [-0.05, 0) is 30.9 Å². The van der Waals surface area contributed by atoms with E-state index in [1.807, 2.05) is 22.9 Å². The summed E-state index contributed by atoms with van der Waals surface area (Å²) in [6, 6.07) is 10.6. The first-order valence-corrected chi connectivity index (χ1v) is 10.1. The normalized spacial score (nSPS) is 15.3. The van der Waals surface area contributed by atoms with Gasteiger partial charge in [0.1, 0.15) is 0 Å². The van der Waals surface area contributed by atoms with Crippen LogP contribution in [0.5, 0.6) is 0 Å². The van der Waals surface area contributed by atoms with Crippen LogP contribution < -0.4 is 0 Å². The Morgan fingerprint density at radius 1 is 1.29 bits per heavy atom. The van der Waals surface area contributed by atoms with Crippen LogP contribution in [0.3, 0.4) is 0 Å². The molecule has 0 amide bonds. The highest BCUT2D eigenvalue weighted by molar-refractivity contribution is 5.69. The van der Waals surface area contributed by atoms with Gasteiger partial charge in [-0.1, -0.05) is 32.0 Å². The van der Waals surface area contributed by atoms with E-state index in [9.17, 15) is 4.79 Å². The quantitative estimate of drug-likeness (QED) is 0.651. The first-order chi connectivity index (χ1) is 13.6. The molecule has 0 atom stereocenters. The number of carbonyl (C=O) groups is 1. The van der Waals surface area contributed by atoms with Gasteiger partial charge in [0.05, 0.1) is 24.9 Å². The minimum absolute atomic E-state index is 0.166. The van der Waals surface area contributed by atoms with Gasteiger partial charge in [-0.2, -0.15) is 5.10 Å². The fourth-order valence-corrected chi connectivity index (χ4v) is 3.74. The molecular formula is C22H31N3O3. The van der Waals surface area contributed by atoms with Crippen LogP contribution in [0.2, 0.25) is 0 Å². The molecule has 152 valence electrons. The Bertz CT molecular complexity index is 752. The minimum atomic E-state index is -0.166. The summed E-state index contributed by atoms with van der Waals surface area (Å²) in [5, 5.41) is 4.86. The molecule has 2 aromatic rings. The highest BCUT2D eigenvalue weighted by atomic mass is 16.5. The first-order valence-electron chi connectivity index (χ1n) is 10.1. The van der Waals surface area contributed by atoms with Crippen LogP contribution in [0.25, 0.3) is 5.69 Å². The predicted octanol–water partition coefficient (Wildman–Crippen LogP) is 3.54. The van der Waals surface area contributed by atoms with Crippen molar-refractivity contribution in [3.05, 3.63) is 47.8 Å². The molecule has 1 aromatic heterocycles. The van der Waals surface area contributed by atoms with Crippen molar-refractivity contribution >= 4 is 5.97 Å². The number of para-hydroxylation sites is 1. The van der Waals surface area contributed by atoms with E-state index in [0.717, 1.165) is 44.0 Å². The number of ether oxygens (including phenoxy) is 2. The molecule has 1 aliphatic heterocycles. The number of hydrogen-bond donors (Lipinski definition) is 0. The van der Waals surface area contributed by atoms with Crippen molar-refractivity contribution in [1.29, 1.82) is 0 Å². The van der Waals surface area contributed by atoms with Crippen LogP contribution in [0.1, 0.15) is 50.3 Å². The van der Waals surface area contributed by atoms with E-state index in [-0.39, 0.29) is 5.97 Å². The Labute approximate surface area is 167 Å². The zero-order valence-corrected chi connectivity index (χ0v) is 17.1. The fraction of sp³-hybridized carbons (Fsp3) is 0.545. The third-order valence-electron chi connectivity index (χ3n) is 5.30. The van der Waals surface area contributed by atoms with E-state index in [4.69, 9.17) is 14.6 Å². The van der Waals surface area contributed by atoms with Crippen molar-refractivity contribution in [2.24, 2.45) is 0 Å². The number of nitrogens with zero attached hydrogens (tertiary/aromatic N) is 3. The second-order valence-electron chi connectivity index (χ2n) is 7.61. The van der Waals surface area contributed by atoms with Gasteiger partial charge in [0.25, 0.3) is 0 Å². The Hall–Kier alpha value is -2.18. The van der Waals surface area contributed by atoms with E-state index in [2.05, 4.69) is 37.1 Å². The molecule has 0 saturated carbocycles. The van der Waals surface area contributed by atoms with Crippen molar-refractivity contribution in [2.45, 2.75) is 51.6 Å². The number of benzene rings is 1. The molecule has 0 aliphatic carbocycles.